The Morgan fingerprint density at radius 3 is 1.47 bits per heavy atom. The summed E-state index contributed by atoms with van der Waals surface area (Å²) in [5.74, 6) is 0.413. The smallest absolute Gasteiger partial charge is 0.0451 e. The largest absolute Gasteiger partial charge is 0.226 e. The van der Waals surface area contributed by atoms with E-state index in [2.05, 4.69) is 33.8 Å². The van der Waals surface area contributed by atoms with E-state index in [1.807, 2.05) is 54.6 Å². The molecule has 6 heteroatoms. The van der Waals surface area contributed by atoms with Crippen molar-refractivity contribution < 1.29 is 0 Å². The molecule has 0 atom stereocenters. The Morgan fingerprint density at radius 1 is 0.633 bits per heavy atom. The molecule has 1 N–H and O–H groups in total. The van der Waals surface area contributed by atoms with Crippen molar-refractivity contribution in [2.24, 2.45) is 5.92 Å². The average molecular weight is 461 g/mol. The average Bonchev–Trinajstić information content (AvgIpc) is 2.73. The zero-order chi connectivity index (χ0) is 20.9. The molecule has 0 radical (unpaired) electrons. The van der Waals surface area contributed by atoms with Gasteiger partial charge < -0.3 is 0 Å². The van der Waals surface area contributed by atoms with Gasteiger partial charge in [0, 0.05) is 41.2 Å². The highest BCUT2D eigenvalue weighted by Gasteiger charge is 2.27. The van der Waals surface area contributed by atoms with Crippen LogP contribution in [0.5, 0.6) is 0 Å². The summed E-state index contributed by atoms with van der Waals surface area (Å²) in [5.41, 5.74) is 6.93. The van der Waals surface area contributed by atoms with Gasteiger partial charge in [0.05, 0.1) is 0 Å². The molecule has 0 saturated carbocycles. The van der Waals surface area contributed by atoms with E-state index in [4.69, 9.17) is 34.8 Å². The summed E-state index contributed by atoms with van der Waals surface area (Å²) in [6, 6.07) is 24.1. The van der Waals surface area contributed by atoms with Crippen LogP contribution < -0.4 is 5.53 Å². The summed E-state index contributed by atoms with van der Waals surface area (Å²) >= 11 is 19.3. The molecule has 30 heavy (non-hydrogen) atoms. The summed E-state index contributed by atoms with van der Waals surface area (Å²) in [6.45, 7) is 3.24. The molecule has 3 aromatic carbocycles. The normalized spacial score (nSPS) is 16.1. The van der Waals surface area contributed by atoms with E-state index in [-0.39, 0.29) is 0 Å². The van der Waals surface area contributed by atoms with Crippen molar-refractivity contribution in [1.82, 2.24) is 15.6 Å². The highest BCUT2D eigenvalue weighted by Crippen LogP contribution is 2.25. The third-order valence-corrected chi connectivity index (χ3v) is 6.45. The van der Waals surface area contributed by atoms with E-state index in [1.54, 1.807) is 0 Å². The summed E-state index contributed by atoms with van der Waals surface area (Å²) < 4.78 is 0. The Hall–Kier alpha value is -1.59. The Balaban J connectivity index is 1.53. The zero-order valence-electron chi connectivity index (χ0n) is 16.6. The Morgan fingerprint density at radius 2 is 1.03 bits per heavy atom. The Bertz CT molecular complexity index is 861. The molecule has 0 aromatic heterocycles. The van der Waals surface area contributed by atoms with Crippen molar-refractivity contribution in [1.29, 1.82) is 0 Å². The van der Waals surface area contributed by atoms with Gasteiger partial charge in [0.2, 0.25) is 0 Å². The minimum atomic E-state index is 0.413. The van der Waals surface area contributed by atoms with Gasteiger partial charge in [-0.25, -0.2) is 10.0 Å². The minimum Gasteiger partial charge on any atom is -0.226 e. The molecule has 0 aliphatic carbocycles. The second kappa shape index (κ2) is 10.1. The molecule has 3 aromatic rings. The standard InChI is InChI=1S/C24H24Cl3N3/c25-22-10-4-1-7-19(22)13-18-14-29(16-20-8-2-5-11-23(20)26)28-30(15-18)17-21-9-3-6-12-24(21)27/h1-12,18,28H,13-17H2. The fourth-order valence-electron chi connectivity index (χ4n) is 3.93. The van der Waals surface area contributed by atoms with Gasteiger partial charge in [0.25, 0.3) is 0 Å². The monoisotopic (exact) mass is 459 g/mol. The zero-order valence-corrected chi connectivity index (χ0v) is 18.8. The third-order valence-electron chi connectivity index (χ3n) is 5.34. The van der Waals surface area contributed by atoms with E-state index in [0.717, 1.165) is 58.8 Å². The van der Waals surface area contributed by atoms with Crippen molar-refractivity contribution in [3.05, 3.63) is 105 Å². The molecule has 1 fully saturated rings. The van der Waals surface area contributed by atoms with E-state index in [1.165, 1.54) is 5.56 Å². The van der Waals surface area contributed by atoms with Gasteiger partial charge in [-0.2, -0.15) is 5.53 Å². The van der Waals surface area contributed by atoms with Crippen LogP contribution in [0.3, 0.4) is 0 Å². The first-order chi connectivity index (χ1) is 14.6. The van der Waals surface area contributed by atoms with E-state index in [0.29, 0.717) is 5.92 Å². The lowest BCUT2D eigenvalue weighted by molar-refractivity contribution is -0.0539. The van der Waals surface area contributed by atoms with Gasteiger partial charge in [0.1, 0.15) is 0 Å². The van der Waals surface area contributed by atoms with Gasteiger partial charge >= 0.3 is 0 Å². The van der Waals surface area contributed by atoms with Crippen molar-refractivity contribution in [3.63, 3.8) is 0 Å². The molecular weight excluding hydrogens is 437 g/mol. The van der Waals surface area contributed by atoms with E-state index >= 15 is 0 Å². The lowest BCUT2D eigenvalue weighted by Crippen LogP contribution is -2.58. The number of halogens is 3. The van der Waals surface area contributed by atoms with Crippen LogP contribution in [0.2, 0.25) is 15.1 Å². The van der Waals surface area contributed by atoms with Crippen molar-refractivity contribution in [3.8, 4) is 0 Å². The lowest BCUT2D eigenvalue weighted by atomic mass is 9.97. The molecule has 156 valence electrons. The predicted molar refractivity (Wildman–Crippen MR) is 126 cm³/mol. The van der Waals surface area contributed by atoms with Crippen LogP contribution in [0, 0.1) is 5.92 Å². The van der Waals surface area contributed by atoms with Gasteiger partial charge in [-0.15, -0.1) is 0 Å². The molecule has 4 rings (SSSR count). The fourth-order valence-corrected chi connectivity index (χ4v) is 4.53. The summed E-state index contributed by atoms with van der Waals surface area (Å²) in [5, 5.41) is 6.84. The number of nitrogens with zero attached hydrogens (tertiary/aromatic N) is 2. The van der Waals surface area contributed by atoms with Crippen molar-refractivity contribution >= 4 is 34.8 Å². The van der Waals surface area contributed by atoms with Crippen LogP contribution >= 0.6 is 34.8 Å². The highest BCUT2D eigenvalue weighted by atomic mass is 35.5. The molecule has 3 nitrogen and oxygen atoms in total. The van der Waals surface area contributed by atoms with Gasteiger partial charge in [0.15, 0.2) is 0 Å². The molecule has 0 amide bonds. The summed E-state index contributed by atoms with van der Waals surface area (Å²) in [7, 11) is 0. The molecule has 1 aliphatic heterocycles. The van der Waals surface area contributed by atoms with E-state index < -0.39 is 0 Å². The van der Waals surface area contributed by atoms with E-state index in [9.17, 15) is 0 Å². The SMILES string of the molecule is Clc1ccccc1CC1CN(Cc2ccccc2Cl)NN(Cc2ccccc2Cl)C1. The molecular formula is C24H24Cl3N3. The molecule has 0 spiro atoms. The first-order valence-electron chi connectivity index (χ1n) is 10.0. The maximum atomic E-state index is 6.44. The second-order valence-corrected chi connectivity index (χ2v) is 8.93. The summed E-state index contributed by atoms with van der Waals surface area (Å²) in [6.07, 6.45) is 0.916. The van der Waals surface area contributed by atoms with Crippen molar-refractivity contribution in [2.45, 2.75) is 19.5 Å². The van der Waals surface area contributed by atoms with Gasteiger partial charge in [-0.3, -0.25) is 0 Å². The van der Waals surface area contributed by atoms with Crippen LogP contribution in [0.1, 0.15) is 16.7 Å². The topological polar surface area (TPSA) is 18.5 Å². The van der Waals surface area contributed by atoms with Crippen LogP contribution in [0.4, 0.5) is 0 Å². The van der Waals surface area contributed by atoms with Crippen LogP contribution in [0.25, 0.3) is 0 Å². The molecule has 0 bridgehead atoms. The number of hydrazine groups is 2. The second-order valence-electron chi connectivity index (χ2n) is 7.71. The fraction of sp³-hybridized carbons (Fsp3) is 0.250. The third kappa shape index (κ3) is 5.55. The minimum absolute atomic E-state index is 0.413. The maximum absolute atomic E-state index is 6.44. The number of nitrogens with one attached hydrogen (secondary N) is 1. The quantitative estimate of drug-likeness (QED) is 0.469. The summed E-state index contributed by atoms with van der Waals surface area (Å²) in [4.78, 5) is 0. The van der Waals surface area contributed by atoms with Crippen LogP contribution in [0.15, 0.2) is 72.8 Å². The lowest BCUT2D eigenvalue weighted by Gasteiger charge is -2.41. The van der Waals surface area contributed by atoms with Gasteiger partial charge in [-0.1, -0.05) is 89.4 Å². The highest BCUT2D eigenvalue weighted by molar-refractivity contribution is 6.31. The number of benzene rings is 3. The first kappa shape index (κ1) is 21.6. The predicted octanol–water partition coefficient (Wildman–Crippen LogP) is 6.24. The number of hydrogen-bond donors (Lipinski definition) is 1. The molecule has 1 heterocycles. The Kier molecular flexibility index (Phi) is 7.32. The number of rotatable bonds is 6. The van der Waals surface area contributed by atoms with Crippen LogP contribution in [-0.4, -0.2) is 23.1 Å². The molecule has 0 unspecified atom stereocenters. The number of hydrogen-bond acceptors (Lipinski definition) is 3. The first-order valence-corrected chi connectivity index (χ1v) is 11.2. The van der Waals surface area contributed by atoms with Crippen molar-refractivity contribution in [2.75, 3.05) is 13.1 Å². The van der Waals surface area contributed by atoms with Gasteiger partial charge in [-0.05, 0) is 47.2 Å². The molecule has 1 aliphatic rings. The maximum Gasteiger partial charge on any atom is 0.0451 e. The molecule has 1 saturated heterocycles. The van der Waals surface area contributed by atoms with Crippen LogP contribution in [-0.2, 0) is 19.5 Å². The Labute approximate surface area is 193 Å².